The maximum Gasteiger partial charge on any atom is 0.389 e. The predicted octanol–water partition coefficient (Wildman–Crippen LogP) is -3.42. The Balaban J connectivity index is 2.78. The number of quaternary nitrogens is 1. The van der Waals surface area contributed by atoms with Gasteiger partial charge in [-0.05, 0) is 34.4 Å². The standard InChI is InChI=1S/C24H36N2O14P2/c27-7-15-3-17(9-29)18(24(34)4-15)5-25(13-41(35,36)37)21(11-31)22(12-32)26(14-42(38,39)40)6-19-20(10-30)16(8-28)1-2-23(19)33/h1-5,21-22,27-32H,6-14H2,(H5,33,35,36,37,38,39,40)/p+2. The number of rotatable bonds is 16. The average molecular weight is 641 g/mol. The van der Waals surface area contributed by atoms with E-state index in [1.807, 2.05) is 0 Å². The molecule has 0 fully saturated rings. The molecule has 18 heteroatoms. The molecule has 0 aliphatic rings. The lowest BCUT2D eigenvalue weighted by Gasteiger charge is -2.31. The molecule has 2 rings (SSSR count). The minimum Gasteiger partial charge on any atom is -0.507 e. The van der Waals surface area contributed by atoms with E-state index in [2.05, 4.69) is 0 Å². The quantitative estimate of drug-likeness (QED) is 0.0483. The zero-order valence-corrected chi connectivity index (χ0v) is 24.2. The van der Waals surface area contributed by atoms with E-state index in [9.17, 15) is 69.6 Å². The second-order valence-corrected chi connectivity index (χ2v) is 12.9. The Bertz CT molecular complexity index is 1340. The van der Waals surface area contributed by atoms with Crippen molar-refractivity contribution in [2.45, 2.75) is 45.1 Å². The topological polar surface area (TPSA) is 284 Å². The molecular weight excluding hydrogens is 602 g/mol. The van der Waals surface area contributed by atoms with Crippen LogP contribution in [-0.2, 0) is 42.1 Å². The van der Waals surface area contributed by atoms with Gasteiger partial charge >= 0.3 is 15.2 Å². The molecule has 0 aromatic heterocycles. The summed E-state index contributed by atoms with van der Waals surface area (Å²) in [5, 5.41) is 80.7. The zero-order chi connectivity index (χ0) is 31.8. The molecule has 0 saturated heterocycles. The number of phenolic OH excluding ortho intramolecular Hbond substituents is 2. The molecule has 0 aliphatic carbocycles. The zero-order valence-electron chi connectivity index (χ0n) is 22.4. The molecule has 0 saturated carbocycles. The summed E-state index contributed by atoms with van der Waals surface area (Å²) in [7, 11) is -9.85. The van der Waals surface area contributed by atoms with Crippen LogP contribution in [0.5, 0.6) is 11.5 Å². The van der Waals surface area contributed by atoms with E-state index in [1.165, 1.54) is 18.2 Å². The van der Waals surface area contributed by atoms with Crippen molar-refractivity contribution < 1.29 is 79.0 Å². The Morgan fingerprint density at radius 1 is 0.762 bits per heavy atom. The fourth-order valence-electron chi connectivity index (χ4n) is 4.81. The lowest BCUT2D eigenvalue weighted by atomic mass is 9.99. The van der Waals surface area contributed by atoms with Crippen LogP contribution in [0.3, 0.4) is 0 Å². The normalized spacial score (nSPS) is 15.0. The number of hydrogen-bond acceptors (Lipinski definition) is 10. The Hall–Kier alpha value is -2.27. The molecule has 42 heavy (non-hydrogen) atoms. The fraction of sp³-hybridized carbons (Fsp3) is 0.458. The van der Waals surface area contributed by atoms with E-state index < -0.39 is 97.5 Å². The molecule has 0 heterocycles. The van der Waals surface area contributed by atoms with Crippen LogP contribution in [0.2, 0.25) is 0 Å². The molecule has 2 aromatic carbocycles. The Morgan fingerprint density at radius 3 is 1.88 bits per heavy atom. The largest absolute Gasteiger partial charge is 0.507 e. The molecule has 0 spiro atoms. The number of hydrogen-bond donors (Lipinski definition) is 13. The van der Waals surface area contributed by atoms with Crippen LogP contribution < -0.4 is 4.90 Å². The first-order valence-corrected chi connectivity index (χ1v) is 16.1. The Morgan fingerprint density at radius 2 is 1.40 bits per heavy atom. The van der Waals surface area contributed by atoms with Gasteiger partial charge in [-0.1, -0.05) is 12.1 Å². The predicted molar refractivity (Wildman–Crippen MR) is 146 cm³/mol. The maximum atomic E-state index is 12.2. The average Bonchev–Trinajstić information content (AvgIpc) is 2.91. The van der Waals surface area contributed by atoms with Crippen LogP contribution in [0.15, 0.2) is 24.3 Å². The molecule has 2 aromatic rings. The second-order valence-electron chi connectivity index (χ2n) is 9.67. The van der Waals surface area contributed by atoms with Gasteiger partial charge in [0.2, 0.25) is 12.3 Å². The molecule has 0 amide bonds. The molecule has 13 N–H and O–H groups in total. The van der Waals surface area contributed by atoms with Gasteiger partial charge in [0.15, 0.2) is 18.5 Å². The van der Waals surface area contributed by atoms with Crippen molar-refractivity contribution in [3.05, 3.63) is 57.6 Å². The summed E-state index contributed by atoms with van der Waals surface area (Å²) in [4.78, 5) is 39.1. The molecule has 16 nitrogen and oxygen atoms in total. The highest BCUT2D eigenvalue weighted by Crippen LogP contribution is 2.35. The van der Waals surface area contributed by atoms with Gasteiger partial charge in [-0.15, -0.1) is 0 Å². The van der Waals surface area contributed by atoms with Gasteiger partial charge in [0.05, 0.1) is 37.6 Å². The summed E-state index contributed by atoms with van der Waals surface area (Å²) in [6, 6.07) is 2.06. The lowest BCUT2D eigenvalue weighted by Crippen LogP contribution is -3.16. The van der Waals surface area contributed by atoms with Crippen molar-refractivity contribution in [3.8, 4) is 11.5 Å². The smallest absolute Gasteiger partial charge is 0.389 e. The summed E-state index contributed by atoms with van der Waals surface area (Å²) in [5.74, 6) is -0.909. The van der Waals surface area contributed by atoms with E-state index >= 15 is 0 Å². The summed E-state index contributed by atoms with van der Waals surface area (Å²) in [5.41, 5.74) is 0.320. The first-order valence-electron chi connectivity index (χ1n) is 12.5. The number of aliphatic hydroxyl groups excluding tert-OH is 6. The molecule has 3 unspecified atom stereocenters. The third kappa shape index (κ3) is 9.62. The van der Waals surface area contributed by atoms with Crippen molar-refractivity contribution >= 4 is 21.4 Å². The van der Waals surface area contributed by atoms with Crippen molar-refractivity contribution in [3.63, 3.8) is 0 Å². The van der Waals surface area contributed by atoms with E-state index in [-0.39, 0.29) is 38.3 Å². The number of aliphatic hydroxyl groups is 6. The van der Waals surface area contributed by atoms with E-state index in [4.69, 9.17) is 0 Å². The highest BCUT2D eigenvalue weighted by atomic mass is 31.2. The van der Waals surface area contributed by atoms with E-state index in [0.29, 0.717) is 0 Å². The number of phenols is 2. The fourth-order valence-corrected chi connectivity index (χ4v) is 6.40. The van der Waals surface area contributed by atoms with Crippen molar-refractivity contribution in [1.29, 1.82) is 0 Å². The summed E-state index contributed by atoms with van der Waals surface area (Å²) in [6.45, 7) is -4.73. The van der Waals surface area contributed by atoms with Crippen LogP contribution in [0.1, 0.15) is 33.4 Å². The second kappa shape index (κ2) is 15.5. The van der Waals surface area contributed by atoms with Gasteiger partial charge in [0.1, 0.15) is 31.3 Å². The third-order valence-electron chi connectivity index (χ3n) is 6.74. The van der Waals surface area contributed by atoms with Crippen molar-refractivity contribution in [2.24, 2.45) is 0 Å². The summed E-state index contributed by atoms with van der Waals surface area (Å²) < 4.78 is 25.1. The van der Waals surface area contributed by atoms with Gasteiger partial charge in [0.25, 0.3) is 0 Å². The molecule has 0 aliphatic heterocycles. The number of nitrogens with one attached hydrogen (secondary N) is 1. The van der Waals surface area contributed by atoms with Gasteiger partial charge in [-0.3, -0.25) is 9.13 Å². The summed E-state index contributed by atoms with van der Waals surface area (Å²) >= 11 is 0. The van der Waals surface area contributed by atoms with E-state index in [0.717, 1.165) is 16.9 Å². The molecule has 0 bridgehead atoms. The van der Waals surface area contributed by atoms with E-state index in [1.54, 1.807) is 0 Å². The molecule has 236 valence electrons. The van der Waals surface area contributed by atoms with Crippen LogP contribution in [0.4, 0.5) is 0 Å². The van der Waals surface area contributed by atoms with Crippen molar-refractivity contribution in [2.75, 3.05) is 25.8 Å². The van der Waals surface area contributed by atoms with Gasteiger partial charge in [-0.2, -0.15) is 0 Å². The minimum atomic E-state index is -4.94. The minimum absolute atomic E-state index is 0.0322. The van der Waals surface area contributed by atoms with Crippen LogP contribution in [0.25, 0.3) is 0 Å². The van der Waals surface area contributed by atoms with Gasteiger partial charge in [0, 0.05) is 0 Å². The lowest BCUT2D eigenvalue weighted by molar-refractivity contribution is -0.942. The first-order chi connectivity index (χ1) is 19.6. The van der Waals surface area contributed by atoms with Crippen LogP contribution in [0, 0.1) is 0 Å². The molecule has 0 radical (unpaired) electrons. The Kier molecular flexibility index (Phi) is 13.2. The molecule has 3 atom stereocenters. The molecular formula is C24H38N2O14P2+2. The number of aromatic hydroxyl groups is 2. The Labute approximate surface area is 240 Å². The summed E-state index contributed by atoms with van der Waals surface area (Å²) in [6.07, 6.45) is -1.09. The number of benzene rings is 2. The van der Waals surface area contributed by atoms with Crippen LogP contribution >= 0.6 is 15.2 Å². The highest BCUT2D eigenvalue weighted by Gasteiger charge is 2.43. The highest BCUT2D eigenvalue weighted by molar-refractivity contribution is 7.51. The van der Waals surface area contributed by atoms with Crippen molar-refractivity contribution in [1.82, 2.24) is 0 Å². The van der Waals surface area contributed by atoms with Crippen LogP contribution in [-0.4, -0.2) is 109 Å². The monoisotopic (exact) mass is 640 g/mol. The van der Waals surface area contributed by atoms with Gasteiger partial charge < -0.3 is 65.3 Å². The third-order valence-corrected chi connectivity index (χ3v) is 8.26. The first kappa shape index (κ1) is 35.9. The number of nitrogens with zero attached hydrogens (tertiary/aromatic N) is 1. The maximum absolute atomic E-state index is 12.2. The SMILES string of the molecule is O=P(O)(O)C[N+](=Cc1c(O)cc(CO)cc1CO)C(CO)C(CO)[NH+](Cc1c(O)ccc(CO)c1CO)CP(=O)(O)O. The van der Waals surface area contributed by atoms with Gasteiger partial charge in [-0.25, -0.2) is 4.58 Å².